The summed E-state index contributed by atoms with van der Waals surface area (Å²) in [5, 5.41) is 10.7. The Labute approximate surface area is 117 Å². The molecule has 3 rings (SSSR count). The van der Waals surface area contributed by atoms with Gasteiger partial charge in [0.15, 0.2) is 0 Å². The topological polar surface area (TPSA) is 67.0 Å². The average molecular weight is 273 g/mol. The van der Waals surface area contributed by atoms with E-state index in [0.29, 0.717) is 12.1 Å². The van der Waals surface area contributed by atoms with Crippen LogP contribution in [0.1, 0.15) is 29.6 Å². The van der Waals surface area contributed by atoms with Gasteiger partial charge in [0.2, 0.25) is 0 Å². The van der Waals surface area contributed by atoms with Crippen molar-refractivity contribution in [1.29, 1.82) is 0 Å². The SMILES string of the molecule is O=C(NCCCOCC1CC1)c1ccc2cn[nH]c2c1. The molecule has 0 unspecified atom stereocenters. The third-order valence-electron chi connectivity index (χ3n) is 3.51. The number of nitrogens with one attached hydrogen (secondary N) is 2. The predicted molar refractivity (Wildman–Crippen MR) is 76.6 cm³/mol. The van der Waals surface area contributed by atoms with Crippen LogP contribution in [0, 0.1) is 5.92 Å². The molecule has 106 valence electrons. The molecule has 2 N–H and O–H groups in total. The molecule has 0 spiro atoms. The van der Waals surface area contributed by atoms with Crippen LogP contribution in [0.15, 0.2) is 24.4 Å². The Kier molecular flexibility index (Phi) is 3.97. The van der Waals surface area contributed by atoms with Gasteiger partial charge in [0, 0.05) is 30.7 Å². The van der Waals surface area contributed by atoms with E-state index in [-0.39, 0.29) is 5.91 Å². The molecule has 5 nitrogen and oxygen atoms in total. The summed E-state index contributed by atoms with van der Waals surface area (Å²) >= 11 is 0. The molecule has 0 atom stereocenters. The molecular formula is C15H19N3O2. The van der Waals surface area contributed by atoms with E-state index in [9.17, 15) is 4.79 Å². The van der Waals surface area contributed by atoms with Crippen LogP contribution >= 0.6 is 0 Å². The Morgan fingerprint density at radius 2 is 2.35 bits per heavy atom. The first kappa shape index (κ1) is 13.1. The number of amides is 1. The highest BCUT2D eigenvalue weighted by molar-refractivity contribution is 5.97. The van der Waals surface area contributed by atoms with Crippen LogP contribution in [0.25, 0.3) is 10.9 Å². The second kappa shape index (κ2) is 6.05. The standard InChI is InChI=1S/C15H19N3O2/c19-15(16-6-1-7-20-10-11-2-3-11)12-4-5-13-9-17-18-14(13)8-12/h4-5,8-9,11H,1-3,6-7,10H2,(H,16,19)(H,17,18). The zero-order valence-corrected chi connectivity index (χ0v) is 11.4. The Bertz CT molecular complexity index is 590. The summed E-state index contributed by atoms with van der Waals surface area (Å²) < 4.78 is 5.53. The number of aromatic nitrogens is 2. The third kappa shape index (κ3) is 3.36. The highest BCUT2D eigenvalue weighted by Gasteiger charge is 2.20. The van der Waals surface area contributed by atoms with Crippen molar-refractivity contribution >= 4 is 16.8 Å². The highest BCUT2D eigenvalue weighted by atomic mass is 16.5. The lowest BCUT2D eigenvalue weighted by molar-refractivity contribution is 0.0937. The molecule has 1 aliphatic rings. The largest absolute Gasteiger partial charge is 0.381 e. The fraction of sp³-hybridized carbons (Fsp3) is 0.467. The number of hydrogen-bond acceptors (Lipinski definition) is 3. The molecule has 20 heavy (non-hydrogen) atoms. The minimum atomic E-state index is -0.0521. The van der Waals surface area contributed by atoms with Crippen molar-refractivity contribution in [2.45, 2.75) is 19.3 Å². The summed E-state index contributed by atoms with van der Waals surface area (Å²) in [7, 11) is 0. The van der Waals surface area contributed by atoms with Gasteiger partial charge in [0.25, 0.3) is 5.91 Å². The van der Waals surface area contributed by atoms with Gasteiger partial charge in [-0.1, -0.05) is 6.07 Å². The van der Waals surface area contributed by atoms with E-state index in [4.69, 9.17) is 4.74 Å². The normalized spacial score (nSPS) is 14.6. The zero-order chi connectivity index (χ0) is 13.8. The Morgan fingerprint density at radius 1 is 1.45 bits per heavy atom. The summed E-state index contributed by atoms with van der Waals surface area (Å²) in [6.07, 6.45) is 5.22. The minimum Gasteiger partial charge on any atom is -0.381 e. The minimum absolute atomic E-state index is 0.0521. The van der Waals surface area contributed by atoms with Crippen LogP contribution in [-0.2, 0) is 4.74 Å². The number of carbonyl (C=O) groups is 1. The first-order valence-electron chi connectivity index (χ1n) is 7.12. The van der Waals surface area contributed by atoms with Crippen LogP contribution in [0.5, 0.6) is 0 Å². The third-order valence-corrected chi connectivity index (χ3v) is 3.51. The number of rotatable bonds is 7. The molecule has 0 bridgehead atoms. The molecule has 0 saturated heterocycles. The smallest absolute Gasteiger partial charge is 0.251 e. The molecular weight excluding hydrogens is 254 g/mol. The quantitative estimate of drug-likeness (QED) is 0.759. The van der Waals surface area contributed by atoms with Crippen molar-refractivity contribution in [1.82, 2.24) is 15.5 Å². The maximum absolute atomic E-state index is 12.0. The monoisotopic (exact) mass is 273 g/mol. The molecule has 1 aromatic carbocycles. The zero-order valence-electron chi connectivity index (χ0n) is 11.4. The summed E-state index contributed by atoms with van der Waals surface area (Å²) in [5.41, 5.74) is 1.53. The number of nitrogens with zero attached hydrogens (tertiary/aromatic N) is 1. The fourth-order valence-electron chi connectivity index (χ4n) is 2.09. The maximum Gasteiger partial charge on any atom is 0.251 e. The molecule has 1 aromatic heterocycles. The molecule has 1 amide bonds. The summed E-state index contributed by atoms with van der Waals surface area (Å²) in [6.45, 7) is 2.24. The van der Waals surface area contributed by atoms with E-state index < -0.39 is 0 Å². The first-order valence-corrected chi connectivity index (χ1v) is 7.12. The van der Waals surface area contributed by atoms with E-state index in [1.807, 2.05) is 18.2 Å². The van der Waals surface area contributed by atoms with Gasteiger partial charge in [-0.15, -0.1) is 0 Å². The van der Waals surface area contributed by atoms with Gasteiger partial charge in [-0.2, -0.15) is 5.10 Å². The van der Waals surface area contributed by atoms with Crippen LogP contribution in [0.2, 0.25) is 0 Å². The molecule has 1 aliphatic carbocycles. The van der Waals surface area contributed by atoms with E-state index in [1.54, 1.807) is 6.20 Å². The second-order valence-corrected chi connectivity index (χ2v) is 5.30. The highest BCUT2D eigenvalue weighted by Crippen LogP contribution is 2.28. The predicted octanol–water partition coefficient (Wildman–Crippen LogP) is 2.11. The van der Waals surface area contributed by atoms with Crippen molar-refractivity contribution in [3.05, 3.63) is 30.0 Å². The number of fused-ring (bicyclic) bond motifs is 1. The van der Waals surface area contributed by atoms with Crippen LogP contribution < -0.4 is 5.32 Å². The molecule has 0 radical (unpaired) electrons. The van der Waals surface area contributed by atoms with E-state index in [1.165, 1.54) is 12.8 Å². The van der Waals surface area contributed by atoms with Gasteiger partial charge in [-0.3, -0.25) is 9.89 Å². The fourth-order valence-corrected chi connectivity index (χ4v) is 2.09. The molecule has 2 aromatic rings. The van der Waals surface area contributed by atoms with Gasteiger partial charge in [-0.05, 0) is 37.3 Å². The van der Waals surface area contributed by atoms with Crippen molar-refractivity contribution in [3.63, 3.8) is 0 Å². The van der Waals surface area contributed by atoms with Gasteiger partial charge in [0.1, 0.15) is 0 Å². The Balaban J connectivity index is 1.41. The number of ether oxygens (including phenoxy) is 1. The van der Waals surface area contributed by atoms with Crippen LogP contribution in [0.4, 0.5) is 0 Å². The average Bonchev–Trinajstić information content (AvgIpc) is 3.17. The number of benzene rings is 1. The Morgan fingerprint density at radius 3 is 3.20 bits per heavy atom. The van der Waals surface area contributed by atoms with Crippen molar-refractivity contribution in [3.8, 4) is 0 Å². The van der Waals surface area contributed by atoms with Crippen molar-refractivity contribution in [2.75, 3.05) is 19.8 Å². The van der Waals surface area contributed by atoms with Crippen LogP contribution in [-0.4, -0.2) is 35.9 Å². The summed E-state index contributed by atoms with van der Waals surface area (Å²) in [4.78, 5) is 12.0. The molecule has 1 heterocycles. The number of carbonyl (C=O) groups excluding carboxylic acids is 1. The number of hydrogen-bond donors (Lipinski definition) is 2. The lowest BCUT2D eigenvalue weighted by Gasteiger charge is -2.06. The number of H-pyrrole nitrogens is 1. The lowest BCUT2D eigenvalue weighted by atomic mass is 10.1. The van der Waals surface area contributed by atoms with E-state index >= 15 is 0 Å². The Hall–Kier alpha value is -1.88. The van der Waals surface area contributed by atoms with E-state index in [0.717, 1.165) is 36.5 Å². The number of aromatic amines is 1. The second-order valence-electron chi connectivity index (χ2n) is 5.30. The maximum atomic E-state index is 12.0. The van der Waals surface area contributed by atoms with E-state index in [2.05, 4.69) is 15.5 Å². The molecule has 1 saturated carbocycles. The van der Waals surface area contributed by atoms with Gasteiger partial charge in [-0.25, -0.2) is 0 Å². The van der Waals surface area contributed by atoms with Gasteiger partial charge in [0.05, 0.1) is 11.7 Å². The van der Waals surface area contributed by atoms with Gasteiger partial charge < -0.3 is 10.1 Å². The molecule has 5 heteroatoms. The lowest BCUT2D eigenvalue weighted by Crippen LogP contribution is -2.25. The molecule has 0 aliphatic heterocycles. The summed E-state index contributed by atoms with van der Waals surface area (Å²) in [6, 6.07) is 5.53. The summed E-state index contributed by atoms with van der Waals surface area (Å²) in [5.74, 6) is 0.745. The van der Waals surface area contributed by atoms with Crippen LogP contribution in [0.3, 0.4) is 0 Å². The first-order chi connectivity index (χ1) is 9.83. The van der Waals surface area contributed by atoms with Crippen molar-refractivity contribution in [2.24, 2.45) is 5.92 Å². The molecule has 1 fully saturated rings. The van der Waals surface area contributed by atoms with Crippen molar-refractivity contribution < 1.29 is 9.53 Å². The van der Waals surface area contributed by atoms with Gasteiger partial charge >= 0.3 is 0 Å².